The number of benzene rings is 2. The van der Waals surface area contributed by atoms with Crippen molar-refractivity contribution in [3.63, 3.8) is 0 Å². The van der Waals surface area contributed by atoms with Crippen LogP contribution in [-0.4, -0.2) is 27.0 Å². The summed E-state index contributed by atoms with van der Waals surface area (Å²) in [5.74, 6) is -1.65. The lowest BCUT2D eigenvalue weighted by Gasteiger charge is -2.10. The topological polar surface area (TPSA) is 120 Å². The quantitative estimate of drug-likeness (QED) is 0.518. The maximum atomic E-state index is 12.4. The first-order valence-electron chi connectivity index (χ1n) is 8.09. The van der Waals surface area contributed by atoms with Crippen LogP contribution < -0.4 is 10.2 Å². The average Bonchev–Trinajstić information content (AvgIpc) is 2.59. The number of aromatic hydroxyl groups is 4. The molecule has 0 aliphatic carbocycles. The first-order chi connectivity index (χ1) is 12.8. The van der Waals surface area contributed by atoms with Gasteiger partial charge >= 0.3 is 0 Å². The van der Waals surface area contributed by atoms with Crippen molar-refractivity contribution in [3.05, 3.63) is 52.2 Å². The lowest BCUT2D eigenvalue weighted by Crippen LogP contribution is -2.03. The van der Waals surface area contributed by atoms with E-state index >= 15 is 0 Å². The van der Waals surface area contributed by atoms with E-state index in [1.165, 1.54) is 18.2 Å². The molecule has 7 heteroatoms. The SMILES string of the molecule is CC(C)=CCOc1cc(-c2oc3cc(O)cc(O)c3c(=O)c2O)ccc1O. The number of phenolic OH excluding ortho intramolecular Hbond substituents is 3. The third-order valence-corrected chi connectivity index (χ3v) is 3.89. The van der Waals surface area contributed by atoms with E-state index in [0.29, 0.717) is 0 Å². The van der Waals surface area contributed by atoms with Gasteiger partial charge in [-0.25, -0.2) is 0 Å². The van der Waals surface area contributed by atoms with Gasteiger partial charge in [0.15, 0.2) is 17.3 Å². The summed E-state index contributed by atoms with van der Waals surface area (Å²) in [6.07, 6.45) is 1.82. The summed E-state index contributed by atoms with van der Waals surface area (Å²) >= 11 is 0. The van der Waals surface area contributed by atoms with Gasteiger partial charge in [-0.15, -0.1) is 0 Å². The fourth-order valence-corrected chi connectivity index (χ4v) is 2.54. The molecule has 0 amide bonds. The minimum Gasteiger partial charge on any atom is -0.508 e. The molecule has 1 aromatic heterocycles. The van der Waals surface area contributed by atoms with Crippen molar-refractivity contribution in [1.29, 1.82) is 0 Å². The van der Waals surface area contributed by atoms with Gasteiger partial charge in [-0.1, -0.05) is 5.57 Å². The molecule has 0 radical (unpaired) electrons. The summed E-state index contributed by atoms with van der Waals surface area (Å²) in [4.78, 5) is 12.4. The van der Waals surface area contributed by atoms with Crippen LogP contribution in [0.25, 0.3) is 22.3 Å². The van der Waals surface area contributed by atoms with E-state index in [1.54, 1.807) is 0 Å². The Labute approximate surface area is 154 Å². The van der Waals surface area contributed by atoms with Gasteiger partial charge in [-0.2, -0.15) is 0 Å². The van der Waals surface area contributed by atoms with Crippen molar-refractivity contribution in [1.82, 2.24) is 0 Å². The number of allylic oxidation sites excluding steroid dienone is 1. The second-order valence-corrected chi connectivity index (χ2v) is 6.22. The predicted molar refractivity (Wildman–Crippen MR) is 99.5 cm³/mol. The van der Waals surface area contributed by atoms with E-state index < -0.39 is 16.9 Å². The van der Waals surface area contributed by atoms with Crippen LogP contribution in [0, 0.1) is 0 Å². The summed E-state index contributed by atoms with van der Waals surface area (Å²) in [5, 5.41) is 39.4. The summed E-state index contributed by atoms with van der Waals surface area (Å²) in [7, 11) is 0. The molecule has 0 spiro atoms. The van der Waals surface area contributed by atoms with E-state index in [4.69, 9.17) is 9.15 Å². The Bertz CT molecular complexity index is 1110. The van der Waals surface area contributed by atoms with Gasteiger partial charge in [0.25, 0.3) is 0 Å². The molecule has 3 aromatic rings. The number of hydrogen-bond acceptors (Lipinski definition) is 7. The maximum Gasteiger partial charge on any atom is 0.238 e. The number of rotatable bonds is 4. The Hall–Kier alpha value is -3.61. The van der Waals surface area contributed by atoms with Gasteiger partial charge < -0.3 is 29.6 Å². The Kier molecular flexibility index (Phi) is 4.68. The smallest absolute Gasteiger partial charge is 0.238 e. The number of phenols is 3. The highest BCUT2D eigenvalue weighted by Gasteiger charge is 2.19. The molecular weight excluding hydrogens is 352 g/mol. The van der Waals surface area contributed by atoms with Crippen LogP contribution in [0.4, 0.5) is 0 Å². The third kappa shape index (κ3) is 3.52. The minimum absolute atomic E-state index is 0.0922. The maximum absolute atomic E-state index is 12.4. The fourth-order valence-electron chi connectivity index (χ4n) is 2.54. The second-order valence-electron chi connectivity index (χ2n) is 6.22. The van der Waals surface area contributed by atoms with Crippen molar-refractivity contribution >= 4 is 11.0 Å². The van der Waals surface area contributed by atoms with Crippen LogP contribution >= 0.6 is 0 Å². The molecule has 1 heterocycles. The Morgan fingerprint density at radius 1 is 1.07 bits per heavy atom. The van der Waals surface area contributed by atoms with E-state index in [-0.39, 0.29) is 46.1 Å². The van der Waals surface area contributed by atoms with Crippen LogP contribution in [0.2, 0.25) is 0 Å². The zero-order valence-corrected chi connectivity index (χ0v) is 14.7. The van der Waals surface area contributed by atoms with Crippen LogP contribution in [0.3, 0.4) is 0 Å². The normalized spacial score (nSPS) is 10.7. The summed E-state index contributed by atoms with van der Waals surface area (Å²) in [6.45, 7) is 4.05. The molecule has 0 atom stereocenters. The van der Waals surface area contributed by atoms with Gasteiger partial charge in [0.1, 0.15) is 29.1 Å². The van der Waals surface area contributed by atoms with Crippen molar-refractivity contribution in [2.24, 2.45) is 0 Å². The Morgan fingerprint density at radius 3 is 2.52 bits per heavy atom. The molecule has 0 aliphatic heterocycles. The molecule has 0 saturated carbocycles. The van der Waals surface area contributed by atoms with E-state index in [0.717, 1.165) is 17.7 Å². The molecule has 0 fully saturated rings. The Balaban J connectivity index is 2.14. The Morgan fingerprint density at radius 2 is 1.81 bits per heavy atom. The standard InChI is InChI=1S/C20H18O7/c1-10(2)5-6-26-15-7-11(3-4-13(15)22)20-19(25)18(24)17-14(23)8-12(21)9-16(17)27-20/h3-5,7-9,21-23,25H,6H2,1-2H3. The lowest BCUT2D eigenvalue weighted by molar-refractivity contribution is 0.335. The van der Waals surface area contributed by atoms with E-state index in [9.17, 15) is 25.2 Å². The molecule has 0 bridgehead atoms. The van der Waals surface area contributed by atoms with E-state index in [1.807, 2.05) is 19.9 Å². The zero-order valence-electron chi connectivity index (χ0n) is 14.7. The largest absolute Gasteiger partial charge is 0.508 e. The molecule has 4 N–H and O–H groups in total. The highest BCUT2D eigenvalue weighted by atomic mass is 16.5. The number of fused-ring (bicyclic) bond motifs is 1. The molecule has 0 aliphatic rings. The molecule has 7 nitrogen and oxygen atoms in total. The first kappa shape index (κ1) is 18.2. The van der Waals surface area contributed by atoms with Crippen molar-refractivity contribution in [2.45, 2.75) is 13.8 Å². The highest BCUT2D eigenvalue weighted by Crippen LogP contribution is 2.38. The molecule has 3 rings (SSSR count). The van der Waals surface area contributed by atoms with Crippen LogP contribution in [0.15, 0.2) is 51.2 Å². The predicted octanol–water partition coefficient (Wildman–Crippen LogP) is 3.63. The van der Waals surface area contributed by atoms with Gasteiger partial charge in [-0.05, 0) is 38.1 Å². The number of hydrogen-bond donors (Lipinski definition) is 4. The van der Waals surface area contributed by atoms with Crippen LogP contribution in [0.1, 0.15) is 13.8 Å². The summed E-state index contributed by atoms with van der Waals surface area (Å²) in [6, 6.07) is 6.34. The molecule has 0 unspecified atom stereocenters. The first-order valence-corrected chi connectivity index (χ1v) is 8.09. The molecule has 2 aromatic carbocycles. The second kappa shape index (κ2) is 6.95. The average molecular weight is 370 g/mol. The number of ether oxygens (including phenoxy) is 1. The molecule has 140 valence electrons. The third-order valence-electron chi connectivity index (χ3n) is 3.89. The fraction of sp³-hybridized carbons (Fsp3) is 0.150. The highest BCUT2D eigenvalue weighted by molar-refractivity contribution is 5.88. The minimum atomic E-state index is -0.844. The molecule has 27 heavy (non-hydrogen) atoms. The van der Waals surface area contributed by atoms with Gasteiger partial charge in [0.2, 0.25) is 11.2 Å². The summed E-state index contributed by atoms with van der Waals surface area (Å²) in [5.41, 5.74) is 0.386. The van der Waals surface area contributed by atoms with Gasteiger partial charge in [0.05, 0.1) is 0 Å². The molecule has 0 saturated heterocycles. The monoisotopic (exact) mass is 370 g/mol. The lowest BCUT2D eigenvalue weighted by atomic mass is 10.1. The summed E-state index contributed by atoms with van der Waals surface area (Å²) < 4.78 is 11.0. The van der Waals surface area contributed by atoms with Crippen LogP contribution in [-0.2, 0) is 0 Å². The van der Waals surface area contributed by atoms with Crippen molar-refractivity contribution in [2.75, 3.05) is 6.61 Å². The van der Waals surface area contributed by atoms with Crippen molar-refractivity contribution < 1.29 is 29.6 Å². The van der Waals surface area contributed by atoms with Crippen LogP contribution in [0.5, 0.6) is 28.7 Å². The van der Waals surface area contributed by atoms with Gasteiger partial charge in [-0.3, -0.25) is 4.79 Å². The van der Waals surface area contributed by atoms with Gasteiger partial charge in [0, 0.05) is 17.7 Å². The van der Waals surface area contributed by atoms with E-state index in [2.05, 4.69) is 0 Å². The van der Waals surface area contributed by atoms with Crippen molar-refractivity contribution in [3.8, 4) is 40.1 Å². The molecular formula is C20H18O7. The zero-order chi connectivity index (χ0) is 19.7.